The zero-order valence-corrected chi connectivity index (χ0v) is 9.43. The molecule has 0 bridgehead atoms. The van der Waals surface area contributed by atoms with Gasteiger partial charge in [0.25, 0.3) is 5.43 Å². The Morgan fingerprint density at radius 3 is 2.27 bits per heavy atom. The lowest BCUT2D eigenvalue weighted by atomic mass is 9.97. The maximum absolute atomic E-state index is 11.2. The topological polar surface area (TPSA) is 43.4 Å². The fourth-order valence-corrected chi connectivity index (χ4v) is 1.02. The van der Waals surface area contributed by atoms with Crippen LogP contribution >= 0.6 is 0 Å². The molecule has 0 amide bonds. The Morgan fingerprint density at radius 1 is 1.20 bits per heavy atom. The third-order valence-electron chi connectivity index (χ3n) is 1.72. The van der Waals surface area contributed by atoms with Gasteiger partial charge in [0, 0.05) is 5.41 Å². The third kappa shape index (κ3) is 2.47. The molecule has 3 nitrogen and oxygen atoms in total. The minimum atomic E-state index is -0.560. The van der Waals surface area contributed by atoms with E-state index in [1.807, 2.05) is 20.8 Å². The fourth-order valence-electron chi connectivity index (χ4n) is 1.02. The monoisotopic (exact) mass is 206 g/mol. The highest BCUT2D eigenvalue weighted by Gasteiger charge is 2.20. The van der Waals surface area contributed by atoms with Gasteiger partial charge < -0.3 is 4.74 Å². The lowest BCUT2D eigenvalue weighted by molar-refractivity contribution is 0.331. The van der Waals surface area contributed by atoms with Crippen LogP contribution < -0.4 is 15.6 Å². The second-order valence-corrected chi connectivity index (χ2v) is 4.30. The second-order valence-electron chi connectivity index (χ2n) is 4.30. The molecule has 0 atom stereocenters. The zero-order chi connectivity index (χ0) is 11.6. The van der Waals surface area contributed by atoms with E-state index in [2.05, 4.69) is 11.8 Å². The summed E-state index contributed by atoms with van der Waals surface area (Å²) in [4.78, 5) is 22.3. The smallest absolute Gasteiger partial charge is 0.270 e. The molecule has 0 N–H and O–H groups in total. The van der Waals surface area contributed by atoms with Crippen molar-refractivity contribution in [3.05, 3.63) is 26.0 Å². The van der Waals surface area contributed by atoms with Crippen molar-refractivity contribution in [1.82, 2.24) is 0 Å². The molecule has 1 aromatic carbocycles. The average molecular weight is 206 g/mol. The molecule has 0 heterocycles. The second kappa shape index (κ2) is 3.90. The van der Waals surface area contributed by atoms with E-state index in [1.54, 1.807) is 6.92 Å². The van der Waals surface area contributed by atoms with Crippen molar-refractivity contribution >= 4 is 0 Å². The summed E-state index contributed by atoms with van der Waals surface area (Å²) in [6, 6.07) is 0. The van der Waals surface area contributed by atoms with Gasteiger partial charge in [-0.2, -0.15) is 0 Å². The van der Waals surface area contributed by atoms with Crippen molar-refractivity contribution < 1.29 is 4.74 Å². The lowest BCUT2D eigenvalue weighted by Crippen LogP contribution is -2.35. The van der Waals surface area contributed by atoms with Crippen molar-refractivity contribution in [2.75, 3.05) is 6.61 Å². The predicted octanol–water partition coefficient (Wildman–Crippen LogP) is 1.08. The molecule has 0 spiro atoms. The fraction of sp³-hybridized carbons (Fsp3) is 0.500. The van der Waals surface area contributed by atoms with Crippen molar-refractivity contribution in [3.8, 4) is 17.6 Å². The molecule has 1 rings (SSSR count). The van der Waals surface area contributed by atoms with Crippen LogP contribution in [0.25, 0.3) is 0 Å². The molecule has 0 unspecified atom stereocenters. The van der Waals surface area contributed by atoms with Crippen LogP contribution in [0.15, 0.2) is 9.59 Å². The molecule has 0 aliphatic rings. The van der Waals surface area contributed by atoms with E-state index in [-0.39, 0.29) is 16.7 Å². The van der Waals surface area contributed by atoms with Gasteiger partial charge in [0.15, 0.2) is 5.75 Å². The summed E-state index contributed by atoms with van der Waals surface area (Å²) in [5.74, 6) is 5.73. The highest BCUT2D eigenvalue weighted by atomic mass is 16.5. The van der Waals surface area contributed by atoms with Crippen LogP contribution in [0.1, 0.15) is 33.3 Å². The summed E-state index contributed by atoms with van der Waals surface area (Å²) in [6.07, 6.45) is 0. The van der Waals surface area contributed by atoms with Gasteiger partial charge in [-0.25, -0.2) is 0 Å². The summed E-state index contributed by atoms with van der Waals surface area (Å²) in [5, 5.41) is 0. The highest BCUT2D eigenvalue weighted by Crippen LogP contribution is 2.13. The van der Waals surface area contributed by atoms with Gasteiger partial charge in [0.05, 0.1) is 6.61 Å². The molecule has 0 aromatic heterocycles. The van der Waals surface area contributed by atoms with E-state index in [9.17, 15) is 9.59 Å². The van der Waals surface area contributed by atoms with Crippen molar-refractivity contribution in [2.45, 2.75) is 27.7 Å². The van der Waals surface area contributed by atoms with Crippen LogP contribution in [0.4, 0.5) is 0 Å². The molecular weight excluding hydrogens is 192 g/mol. The Morgan fingerprint density at radius 2 is 1.80 bits per heavy atom. The molecule has 80 valence electrons. The van der Waals surface area contributed by atoms with Crippen LogP contribution in [0, 0.1) is 17.3 Å². The predicted molar refractivity (Wildman–Crippen MR) is 58.9 cm³/mol. The molecule has 0 radical (unpaired) electrons. The van der Waals surface area contributed by atoms with Crippen LogP contribution in [-0.4, -0.2) is 6.61 Å². The van der Waals surface area contributed by atoms with Gasteiger partial charge in [0.1, 0.15) is 5.56 Å². The van der Waals surface area contributed by atoms with Crippen molar-refractivity contribution in [3.63, 3.8) is 0 Å². The molecule has 0 fully saturated rings. The van der Waals surface area contributed by atoms with E-state index >= 15 is 0 Å². The summed E-state index contributed by atoms with van der Waals surface area (Å²) in [7, 11) is 0. The van der Waals surface area contributed by atoms with Crippen LogP contribution in [0.3, 0.4) is 0 Å². The van der Waals surface area contributed by atoms with Gasteiger partial charge in [0.2, 0.25) is 5.43 Å². The summed E-state index contributed by atoms with van der Waals surface area (Å²) >= 11 is 0. The highest BCUT2D eigenvalue weighted by molar-refractivity contribution is 5.51. The first-order chi connectivity index (χ1) is 6.87. The molecule has 15 heavy (non-hydrogen) atoms. The van der Waals surface area contributed by atoms with Crippen molar-refractivity contribution in [2.24, 2.45) is 5.41 Å². The Labute approximate surface area is 88.8 Å². The number of ether oxygens (including phenoxy) is 1. The Bertz CT molecular complexity index is 485. The van der Waals surface area contributed by atoms with Gasteiger partial charge in [-0.05, 0) is 27.7 Å². The van der Waals surface area contributed by atoms with E-state index in [1.165, 1.54) is 0 Å². The molecule has 1 aromatic rings. The lowest BCUT2D eigenvalue weighted by Gasteiger charge is -2.09. The van der Waals surface area contributed by atoms with Crippen LogP contribution in [0.2, 0.25) is 0 Å². The van der Waals surface area contributed by atoms with Gasteiger partial charge >= 0.3 is 0 Å². The van der Waals surface area contributed by atoms with Crippen LogP contribution in [-0.2, 0) is 0 Å². The molecule has 3 heteroatoms. The SMILES string of the molecule is CCOc1c(C#CC(C)(C)C)c(=O)c1=O. The Hall–Kier alpha value is -1.56. The quantitative estimate of drug-likeness (QED) is 0.537. The van der Waals surface area contributed by atoms with Crippen LogP contribution in [0.5, 0.6) is 5.75 Å². The van der Waals surface area contributed by atoms with E-state index in [0.717, 1.165) is 0 Å². The van der Waals surface area contributed by atoms with Gasteiger partial charge in [-0.1, -0.05) is 11.8 Å². The molecule has 0 aliphatic heterocycles. The van der Waals surface area contributed by atoms with Gasteiger partial charge in [-0.3, -0.25) is 9.59 Å². The standard InChI is InChI=1S/C12H14O3/c1-5-15-11-8(9(13)10(11)14)6-7-12(2,3)4/h5H2,1-4H3. The zero-order valence-electron chi connectivity index (χ0n) is 9.43. The number of hydrogen-bond donors (Lipinski definition) is 0. The van der Waals surface area contributed by atoms with E-state index in [0.29, 0.717) is 6.61 Å². The average Bonchev–Trinajstić information content (AvgIpc) is 2.14. The third-order valence-corrected chi connectivity index (χ3v) is 1.72. The Kier molecular flexibility index (Phi) is 2.99. The summed E-state index contributed by atoms with van der Waals surface area (Å²) in [6.45, 7) is 7.94. The first-order valence-electron chi connectivity index (χ1n) is 4.86. The number of rotatable bonds is 2. The molecule has 0 saturated heterocycles. The van der Waals surface area contributed by atoms with Crippen molar-refractivity contribution in [1.29, 1.82) is 0 Å². The largest absolute Gasteiger partial charge is 0.488 e. The molecule has 0 saturated carbocycles. The van der Waals surface area contributed by atoms with E-state index in [4.69, 9.17) is 4.74 Å². The molecular formula is C12H14O3. The van der Waals surface area contributed by atoms with E-state index < -0.39 is 10.9 Å². The minimum absolute atomic E-state index is 0.124. The normalized spacial score (nSPS) is 10.9. The molecule has 0 aliphatic carbocycles. The number of hydrogen-bond acceptors (Lipinski definition) is 3. The summed E-state index contributed by atoms with van der Waals surface area (Å²) in [5.41, 5.74) is -1.06. The maximum atomic E-state index is 11.2. The first kappa shape index (κ1) is 11.5. The maximum Gasteiger partial charge on any atom is 0.270 e. The minimum Gasteiger partial charge on any atom is -0.488 e. The van der Waals surface area contributed by atoms with Gasteiger partial charge in [-0.15, -0.1) is 0 Å². The Balaban J connectivity index is 3.06. The summed E-state index contributed by atoms with van der Waals surface area (Å²) < 4.78 is 5.05. The first-order valence-corrected chi connectivity index (χ1v) is 4.86.